The van der Waals surface area contributed by atoms with Crippen LogP contribution in [0.5, 0.6) is 5.75 Å². The molecule has 1 aliphatic heterocycles. The largest absolute Gasteiger partial charge is 0.490 e. The number of carbonyl (C=O) groups excluding carboxylic acids is 3. The molecule has 0 aromatic heterocycles. The molecule has 138 valence electrons. The van der Waals surface area contributed by atoms with Gasteiger partial charge in [-0.25, -0.2) is 4.79 Å². The Morgan fingerprint density at radius 1 is 1.12 bits per heavy atom. The van der Waals surface area contributed by atoms with Gasteiger partial charge in [0.1, 0.15) is 25.0 Å². The van der Waals surface area contributed by atoms with Crippen LogP contribution in [-0.4, -0.2) is 41.9 Å². The highest BCUT2D eigenvalue weighted by Gasteiger charge is 2.50. The highest BCUT2D eigenvalue weighted by atomic mass is 35.5. The number of carbonyl (C=O) groups is 3. The van der Waals surface area contributed by atoms with Crippen molar-refractivity contribution in [1.82, 2.24) is 4.90 Å². The van der Waals surface area contributed by atoms with Gasteiger partial charge in [0, 0.05) is 5.02 Å². The van der Waals surface area contributed by atoms with Gasteiger partial charge in [-0.05, 0) is 44.0 Å². The summed E-state index contributed by atoms with van der Waals surface area (Å²) in [5.41, 5.74) is 0. The molecule has 0 bridgehead atoms. The molecule has 2 aliphatic rings. The molecule has 1 heterocycles. The molecule has 1 fully saturated rings. The Kier molecular flexibility index (Phi) is 5.61. The summed E-state index contributed by atoms with van der Waals surface area (Å²) >= 11 is 5.79. The number of halogens is 1. The van der Waals surface area contributed by atoms with E-state index in [1.54, 1.807) is 24.3 Å². The second kappa shape index (κ2) is 7.91. The summed E-state index contributed by atoms with van der Waals surface area (Å²) in [5.74, 6) is -1.28. The lowest BCUT2D eigenvalue weighted by Gasteiger charge is -2.21. The number of allylic oxidation sites excluding steroid dienone is 2. The number of hydrogen-bond acceptors (Lipinski definition) is 5. The van der Waals surface area contributed by atoms with Gasteiger partial charge in [0.05, 0.1) is 11.8 Å². The Morgan fingerprint density at radius 3 is 2.27 bits per heavy atom. The van der Waals surface area contributed by atoms with Gasteiger partial charge < -0.3 is 9.47 Å². The zero-order valence-electron chi connectivity index (χ0n) is 14.4. The minimum absolute atomic E-state index is 0.0242. The molecule has 0 radical (unpaired) electrons. The SMILES string of the molecule is C[C@@H](C(=O)OCCOc1ccc(Cl)cc1)N1C(=O)[C@H]2CC=CC[C@@H]2C1=O. The first kappa shape index (κ1) is 18.5. The summed E-state index contributed by atoms with van der Waals surface area (Å²) in [5, 5.41) is 0.605. The van der Waals surface area contributed by atoms with E-state index in [1.807, 2.05) is 12.2 Å². The van der Waals surface area contributed by atoms with Crippen molar-refractivity contribution in [3.63, 3.8) is 0 Å². The van der Waals surface area contributed by atoms with Crippen LogP contribution in [0.4, 0.5) is 0 Å². The van der Waals surface area contributed by atoms with Crippen molar-refractivity contribution in [2.24, 2.45) is 11.8 Å². The first-order chi connectivity index (χ1) is 12.5. The minimum atomic E-state index is -0.934. The average molecular weight is 378 g/mol. The Labute approximate surface area is 156 Å². The number of rotatable bonds is 6. The summed E-state index contributed by atoms with van der Waals surface area (Å²) in [6.45, 7) is 1.70. The lowest BCUT2D eigenvalue weighted by Crippen LogP contribution is -2.44. The third kappa shape index (κ3) is 3.75. The fourth-order valence-corrected chi connectivity index (χ4v) is 3.39. The predicted octanol–water partition coefficient (Wildman–Crippen LogP) is 2.60. The van der Waals surface area contributed by atoms with Crippen LogP contribution in [0.2, 0.25) is 5.02 Å². The van der Waals surface area contributed by atoms with E-state index >= 15 is 0 Å². The molecular formula is C19H20ClNO5. The van der Waals surface area contributed by atoms with Crippen molar-refractivity contribution in [1.29, 1.82) is 0 Å². The van der Waals surface area contributed by atoms with E-state index in [-0.39, 0.29) is 36.9 Å². The second-order valence-electron chi connectivity index (χ2n) is 6.35. The van der Waals surface area contributed by atoms with E-state index in [0.717, 1.165) is 4.90 Å². The number of benzene rings is 1. The average Bonchev–Trinajstić information content (AvgIpc) is 2.90. The first-order valence-corrected chi connectivity index (χ1v) is 8.93. The first-order valence-electron chi connectivity index (χ1n) is 8.56. The van der Waals surface area contributed by atoms with E-state index in [1.165, 1.54) is 6.92 Å². The number of amides is 2. The van der Waals surface area contributed by atoms with Gasteiger partial charge in [0.15, 0.2) is 0 Å². The molecule has 1 aromatic carbocycles. The zero-order valence-corrected chi connectivity index (χ0v) is 15.1. The molecule has 1 saturated heterocycles. The summed E-state index contributed by atoms with van der Waals surface area (Å²) in [7, 11) is 0. The Morgan fingerprint density at radius 2 is 1.69 bits per heavy atom. The van der Waals surface area contributed by atoms with Crippen LogP contribution in [0.3, 0.4) is 0 Å². The van der Waals surface area contributed by atoms with Crippen LogP contribution < -0.4 is 4.74 Å². The molecule has 0 saturated carbocycles. The van der Waals surface area contributed by atoms with Gasteiger partial charge >= 0.3 is 5.97 Å². The molecule has 0 spiro atoms. The van der Waals surface area contributed by atoms with Gasteiger partial charge in [-0.2, -0.15) is 0 Å². The van der Waals surface area contributed by atoms with Gasteiger partial charge in [-0.3, -0.25) is 14.5 Å². The van der Waals surface area contributed by atoms with Crippen molar-refractivity contribution in [3.8, 4) is 5.75 Å². The number of fused-ring (bicyclic) bond motifs is 1. The molecule has 6 nitrogen and oxygen atoms in total. The van der Waals surface area contributed by atoms with Crippen molar-refractivity contribution in [2.45, 2.75) is 25.8 Å². The monoisotopic (exact) mass is 377 g/mol. The predicted molar refractivity (Wildman–Crippen MR) is 94.6 cm³/mol. The molecule has 7 heteroatoms. The van der Waals surface area contributed by atoms with Crippen LogP contribution >= 0.6 is 11.6 Å². The topological polar surface area (TPSA) is 72.9 Å². The van der Waals surface area contributed by atoms with E-state index in [2.05, 4.69) is 0 Å². The molecule has 0 unspecified atom stereocenters. The quantitative estimate of drug-likeness (QED) is 0.330. The molecule has 26 heavy (non-hydrogen) atoms. The maximum atomic E-state index is 12.5. The molecule has 3 rings (SSSR count). The Hall–Kier alpha value is -2.34. The van der Waals surface area contributed by atoms with Crippen molar-refractivity contribution in [2.75, 3.05) is 13.2 Å². The summed E-state index contributed by atoms with van der Waals surface area (Å²) in [6.07, 6.45) is 4.91. The highest BCUT2D eigenvalue weighted by molar-refractivity contribution is 6.30. The van der Waals surface area contributed by atoms with Gasteiger partial charge in [-0.1, -0.05) is 23.8 Å². The molecule has 0 N–H and O–H groups in total. The van der Waals surface area contributed by atoms with E-state index in [0.29, 0.717) is 23.6 Å². The molecule has 3 atom stereocenters. The standard InChI is InChI=1S/C19H20ClNO5/c1-12(21-17(22)15-4-2-3-5-16(15)18(21)23)19(24)26-11-10-25-14-8-6-13(20)7-9-14/h2-3,6-9,12,15-16H,4-5,10-11H2,1H3/t12-,15-,16-/m0/s1. The number of imide groups is 1. The maximum absolute atomic E-state index is 12.5. The summed E-state index contributed by atoms with van der Waals surface area (Å²) in [6, 6.07) is 5.89. The number of esters is 1. The number of nitrogens with zero attached hydrogens (tertiary/aromatic N) is 1. The van der Waals surface area contributed by atoms with E-state index in [9.17, 15) is 14.4 Å². The Bertz CT molecular complexity index is 704. The minimum Gasteiger partial charge on any atom is -0.490 e. The smallest absolute Gasteiger partial charge is 0.329 e. The normalized spacial score (nSPS) is 22.9. The van der Waals surface area contributed by atoms with E-state index < -0.39 is 12.0 Å². The van der Waals surface area contributed by atoms with Crippen LogP contribution in [0.15, 0.2) is 36.4 Å². The fourth-order valence-electron chi connectivity index (χ4n) is 3.27. The molecule has 1 aromatic rings. The lowest BCUT2D eigenvalue weighted by atomic mass is 9.85. The third-order valence-corrected chi connectivity index (χ3v) is 4.93. The third-order valence-electron chi connectivity index (χ3n) is 4.68. The number of hydrogen-bond donors (Lipinski definition) is 0. The number of likely N-dealkylation sites (tertiary alicyclic amines) is 1. The molecular weight excluding hydrogens is 358 g/mol. The highest BCUT2D eigenvalue weighted by Crippen LogP contribution is 2.36. The van der Waals surface area contributed by atoms with Crippen molar-refractivity contribution < 1.29 is 23.9 Å². The molecule has 1 aliphatic carbocycles. The van der Waals surface area contributed by atoms with Crippen molar-refractivity contribution >= 4 is 29.4 Å². The molecule has 2 amide bonds. The summed E-state index contributed by atoms with van der Waals surface area (Å²) < 4.78 is 10.6. The summed E-state index contributed by atoms with van der Waals surface area (Å²) in [4.78, 5) is 38.2. The van der Waals surface area contributed by atoms with Crippen LogP contribution in [0, 0.1) is 11.8 Å². The Balaban J connectivity index is 1.49. The number of ether oxygens (including phenoxy) is 2. The zero-order chi connectivity index (χ0) is 18.7. The second-order valence-corrected chi connectivity index (χ2v) is 6.78. The van der Waals surface area contributed by atoms with E-state index in [4.69, 9.17) is 21.1 Å². The van der Waals surface area contributed by atoms with Gasteiger partial charge in [0.2, 0.25) is 11.8 Å². The van der Waals surface area contributed by atoms with Crippen molar-refractivity contribution in [3.05, 3.63) is 41.4 Å². The van der Waals surface area contributed by atoms with Crippen LogP contribution in [0.1, 0.15) is 19.8 Å². The lowest BCUT2D eigenvalue weighted by molar-refractivity contribution is -0.158. The van der Waals surface area contributed by atoms with Crippen LogP contribution in [-0.2, 0) is 19.1 Å². The van der Waals surface area contributed by atoms with Gasteiger partial charge in [0.25, 0.3) is 0 Å². The maximum Gasteiger partial charge on any atom is 0.329 e. The van der Waals surface area contributed by atoms with Crippen LogP contribution in [0.25, 0.3) is 0 Å². The van der Waals surface area contributed by atoms with Gasteiger partial charge in [-0.15, -0.1) is 0 Å². The fraction of sp³-hybridized carbons (Fsp3) is 0.421.